The van der Waals surface area contributed by atoms with Gasteiger partial charge in [0.2, 0.25) is 5.78 Å². The molecular weight excluding hydrogens is 267 g/mol. The molecule has 0 aliphatic rings. The lowest BCUT2D eigenvalue weighted by molar-refractivity contribution is 0.102. The van der Waals surface area contributed by atoms with E-state index in [1.54, 1.807) is 0 Å². The van der Waals surface area contributed by atoms with Crippen molar-refractivity contribution in [1.82, 2.24) is 0 Å². The van der Waals surface area contributed by atoms with Gasteiger partial charge in [-0.1, -0.05) is 6.07 Å². The van der Waals surface area contributed by atoms with Gasteiger partial charge in [-0.05, 0) is 18.2 Å². The summed E-state index contributed by atoms with van der Waals surface area (Å²) in [6.45, 7) is 0. The number of carbonyl (C=O) groups is 1. The molecule has 0 radical (unpaired) electrons. The summed E-state index contributed by atoms with van der Waals surface area (Å²) in [5, 5.41) is 0. The van der Waals surface area contributed by atoms with E-state index >= 15 is 0 Å². The summed E-state index contributed by atoms with van der Waals surface area (Å²) in [6.07, 6.45) is 0. The maximum Gasteiger partial charge on any atom is 0.201 e. The summed E-state index contributed by atoms with van der Waals surface area (Å²) in [5.74, 6) is -8.20. The molecule has 0 saturated carbocycles. The molecule has 0 aromatic heterocycles. The van der Waals surface area contributed by atoms with E-state index in [1.807, 2.05) is 0 Å². The second-order valence-electron chi connectivity index (χ2n) is 3.67. The van der Waals surface area contributed by atoms with Crippen molar-refractivity contribution in [3.8, 4) is 0 Å². The first-order valence-electron chi connectivity index (χ1n) is 5.05. The normalized spacial score (nSPS) is 10.6. The average molecular weight is 272 g/mol. The lowest BCUT2D eigenvalue weighted by atomic mass is 10.0. The van der Waals surface area contributed by atoms with Crippen LogP contribution in [-0.2, 0) is 0 Å². The predicted molar refractivity (Wildman–Crippen MR) is 56.1 cm³/mol. The molecule has 0 N–H and O–H groups in total. The summed E-state index contributed by atoms with van der Waals surface area (Å²) in [6, 6.07) is 3.02. The quantitative estimate of drug-likeness (QED) is 0.463. The molecule has 0 fully saturated rings. The Kier molecular flexibility index (Phi) is 3.33. The summed E-state index contributed by atoms with van der Waals surface area (Å²) < 4.78 is 65.7. The lowest BCUT2D eigenvalue weighted by Gasteiger charge is -2.06. The number of benzene rings is 2. The van der Waals surface area contributed by atoms with Crippen LogP contribution in [0.25, 0.3) is 0 Å². The van der Waals surface area contributed by atoms with E-state index in [9.17, 15) is 26.7 Å². The van der Waals surface area contributed by atoms with E-state index in [1.165, 1.54) is 0 Å². The molecule has 0 bridgehead atoms. The minimum Gasteiger partial charge on any atom is -0.288 e. The van der Waals surface area contributed by atoms with Gasteiger partial charge in [0.05, 0.1) is 11.1 Å². The van der Waals surface area contributed by atoms with Crippen LogP contribution in [-0.4, -0.2) is 5.78 Å². The third kappa shape index (κ3) is 2.33. The summed E-state index contributed by atoms with van der Waals surface area (Å²) in [5.41, 5.74) is -1.96. The van der Waals surface area contributed by atoms with Crippen LogP contribution in [0.4, 0.5) is 22.0 Å². The van der Waals surface area contributed by atoms with Crippen LogP contribution >= 0.6 is 0 Å². The first-order chi connectivity index (χ1) is 8.91. The third-order valence-corrected chi connectivity index (χ3v) is 2.44. The minimum absolute atomic E-state index is 0.140. The first kappa shape index (κ1) is 13.2. The van der Waals surface area contributed by atoms with Crippen LogP contribution in [0, 0.1) is 29.1 Å². The highest BCUT2D eigenvalue weighted by atomic mass is 19.2. The number of ketones is 1. The first-order valence-corrected chi connectivity index (χ1v) is 5.05. The molecule has 0 unspecified atom stereocenters. The van der Waals surface area contributed by atoms with E-state index < -0.39 is 46.0 Å². The van der Waals surface area contributed by atoms with Gasteiger partial charge in [0.15, 0.2) is 11.6 Å². The Hall–Kier alpha value is -2.24. The lowest BCUT2D eigenvalue weighted by Crippen LogP contribution is -2.10. The zero-order chi connectivity index (χ0) is 14.2. The molecule has 19 heavy (non-hydrogen) atoms. The average Bonchev–Trinajstić information content (AvgIpc) is 2.33. The molecule has 0 atom stereocenters. The fraction of sp³-hybridized carbons (Fsp3) is 0. The molecule has 2 aromatic carbocycles. The van der Waals surface area contributed by atoms with Gasteiger partial charge in [-0.3, -0.25) is 4.79 Å². The Balaban J connectivity index is 2.60. The molecule has 6 heteroatoms. The number of hydrogen-bond acceptors (Lipinski definition) is 1. The summed E-state index contributed by atoms with van der Waals surface area (Å²) >= 11 is 0. The molecule has 0 aliphatic carbocycles. The van der Waals surface area contributed by atoms with Crippen LogP contribution in [0.5, 0.6) is 0 Å². The highest BCUT2D eigenvalue weighted by Crippen LogP contribution is 2.21. The number of rotatable bonds is 2. The van der Waals surface area contributed by atoms with E-state index in [2.05, 4.69) is 0 Å². The fourth-order valence-electron chi connectivity index (χ4n) is 1.55. The van der Waals surface area contributed by atoms with Gasteiger partial charge in [0.25, 0.3) is 0 Å². The zero-order valence-corrected chi connectivity index (χ0v) is 9.18. The Labute approximate surface area is 104 Å². The van der Waals surface area contributed by atoms with Gasteiger partial charge in [-0.15, -0.1) is 0 Å². The second-order valence-corrected chi connectivity index (χ2v) is 3.67. The monoisotopic (exact) mass is 272 g/mol. The van der Waals surface area contributed by atoms with Crippen LogP contribution in [0.1, 0.15) is 15.9 Å². The number of halogens is 5. The topological polar surface area (TPSA) is 17.1 Å². The molecular formula is C13H5F5O. The standard InChI is InChI=1S/C13H5F5O/c14-7-2-1-3-8(15)12(7)13(19)6-4-10(17)11(18)5-9(6)16/h1-5H. The van der Waals surface area contributed by atoms with E-state index in [0.717, 1.165) is 18.2 Å². The van der Waals surface area contributed by atoms with E-state index in [4.69, 9.17) is 0 Å². The van der Waals surface area contributed by atoms with Crippen molar-refractivity contribution in [2.75, 3.05) is 0 Å². The molecule has 0 spiro atoms. The van der Waals surface area contributed by atoms with Gasteiger partial charge < -0.3 is 0 Å². The molecule has 2 rings (SSSR count). The molecule has 2 aromatic rings. The third-order valence-electron chi connectivity index (χ3n) is 2.44. The predicted octanol–water partition coefficient (Wildman–Crippen LogP) is 3.61. The summed E-state index contributed by atoms with van der Waals surface area (Å²) in [4.78, 5) is 11.8. The van der Waals surface area contributed by atoms with Crippen molar-refractivity contribution < 1.29 is 26.7 Å². The van der Waals surface area contributed by atoms with Gasteiger partial charge in [-0.25, -0.2) is 22.0 Å². The van der Waals surface area contributed by atoms with Crippen molar-refractivity contribution in [2.45, 2.75) is 0 Å². The van der Waals surface area contributed by atoms with Gasteiger partial charge in [0, 0.05) is 6.07 Å². The van der Waals surface area contributed by atoms with Crippen molar-refractivity contribution >= 4 is 5.78 Å². The highest BCUT2D eigenvalue weighted by Gasteiger charge is 2.23. The maximum absolute atomic E-state index is 13.4. The van der Waals surface area contributed by atoms with Crippen LogP contribution < -0.4 is 0 Å². The SMILES string of the molecule is O=C(c1cc(F)c(F)cc1F)c1c(F)cccc1F. The summed E-state index contributed by atoms with van der Waals surface area (Å²) in [7, 11) is 0. The molecule has 1 nitrogen and oxygen atoms in total. The van der Waals surface area contributed by atoms with E-state index in [0.29, 0.717) is 0 Å². The highest BCUT2D eigenvalue weighted by molar-refractivity contribution is 6.09. The van der Waals surface area contributed by atoms with Crippen LogP contribution in [0.2, 0.25) is 0 Å². The molecule has 98 valence electrons. The molecule has 0 heterocycles. The van der Waals surface area contributed by atoms with Crippen molar-refractivity contribution in [1.29, 1.82) is 0 Å². The Morgan fingerprint density at radius 1 is 0.737 bits per heavy atom. The molecule has 0 aliphatic heterocycles. The fourth-order valence-corrected chi connectivity index (χ4v) is 1.55. The van der Waals surface area contributed by atoms with Crippen molar-refractivity contribution in [3.05, 3.63) is 70.5 Å². The largest absolute Gasteiger partial charge is 0.288 e. The van der Waals surface area contributed by atoms with Crippen molar-refractivity contribution in [2.24, 2.45) is 0 Å². The number of carbonyl (C=O) groups excluding carboxylic acids is 1. The molecule has 0 amide bonds. The van der Waals surface area contributed by atoms with Crippen molar-refractivity contribution in [3.63, 3.8) is 0 Å². The Morgan fingerprint density at radius 2 is 1.26 bits per heavy atom. The zero-order valence-electron chi connectivity index (χ0n) is 9.18. The Bertz CT molecular complexity index is 646. The van der Waals surface area contributed by atoms with Crippen LogP contribution in [0.15, 0.2) is 30.3 Å². The smallest absolute Gasteiger partial charge is 0.201 e. The van der Waals surface area contributed by atoms with Gasteiger partial charge >= 0.3 is 0 Å². The molecule has 0 saturated heterocycles. The van der Waals surface area contributed by atoms with Gasteiger partial charge in [-0.2, -0.15) is 0 Å². The Morgan fingerprint density at radius 3 is 1.84 bits per heavy atom. The van der Waals surface area contributed by atoms with E-state index in [-0.39, 0.29) is 12.1 Å². The number of hydrogen-bond donors (Lipinski definition) is 0. The minimum atomic E-state index is -1.50. The second kappa shape index (κ2) is 4.79. The van der Waals surface area contributed by atoms with Gasteiger partial charge in [0.1, 0.15) is 17.5 Å². The maximum atomic E-state index is 13.4. The van der Waals surface area contributed by atoms with Crippen LogP contribution in [0.3, 0.4) is 0 Å².